The van der Waals surface area contributed by atoms with E-state index < -0.39 is 23.5 Å². The number of nitrogens with one attached hydrogen (secondary N) is 3. The maximum Gasteiger partial charge on any atom is 0.325 e. The third-order valence-electron chi connectivity index (χ3n) is 4.80. The van der Waals surface area contributed by atoms with Crippen LogP contribution in [0, 0.1) is 5.92 Å². The van der Waals surface area contributed by atoms with Gasteiger partial charge in [0.05, 0.1) is 0 Å². The van der Waals surface area contributed by atoms with Crippen LogP contribution >= 0.6 is 0 Å². The van der Waals surface area contributed by atoms with E-state index in [1.54, 1.807) is 13.8 Å². The van der Waals surface area contributed by atoms with E-state index in [-0.39, 0.29) is 18.4 Å². The zero-order valence-corrected chi connectivity index (χ0v) is 14.5. The molecule has 2 rings (SSSR count). The number of hydrogen-bond acceptors (Lipinski definition) is 4. The van der Waals surface area contributed by atoms with E-state index in [0.29, 0.717) is 25.3 Å². The Labute approximate surface area is 141 Å². The Bertz CT molecular complexity index is 540. The molecule has 1 atom stereocenters. The van der Waals surface area contributed by atoms with Gasteiger partial charge in [-0.25, -0.2) is 4.79 Å². The molecule has 8 heteroatoms. The number of likely N-dealkylation sites (N-methyl/N-ethyl adjacent to an activating group) is 1. The van der Waals surface area contributed by atoms with Gasteiger partial charge in [-0.2, -0.15) is 0 Å². The van der Waals surface area contributed by atoms with E-state index in [4.69, 9.17) is 0 Å². The quantitative estimate of drug-likeness (QED) is 0.619. The van der Waals surface area contributed by atoms with Gasteiger partial charge in [-0.3, -0.25) is 19.3 Å². The highest BCUT2D eigenvalue weighted by molar-refractivity contribution is 6.09. The van der Waals surface area contributed by atoms with Crippen LogP contribution in [0.25, 0.3) is 0 Å². The Hall–Kier alpha value is -2.12. The molecule has 0 aromatic rings. The summed E-state index contributed by atoms with van der Waals surface area (Å²) >= 11 is 0. The Balaban J connectivity index is 1.95. The molecule has 3 N–H and O–H groups in total. The second-order valence-corrected chi connectivity index (χ2v) is 6.77. The smallest absolute Gasteiger partial charge is 0.325 e. The van der Waals surface area contributed by atoms with Crippen molar-refractivity contribution in [3.05, 3.63) is 0 Å². The zero-order valence-electron chi connectivity index (χ0n) is 14.5. The molecule has 1 aliphatic heterocycles. The molecule has 1 heterocycles. The second-order valence-electron chi connectivity index (χ2n) is 6.77. The van der Waals surface area contributed by atoms with E-state index in [1.165, 1.54) is 0 Å². The fourth-order valence-corrected chi connectivity index (χ4v) is 3.24. The molecule has 8 nitrogen and oxygen atoms in total. The van der Waals surface area contributed by atoms with Crippen molar-refractivity contribution in [2.75, 3.05) is 13.1 Å². The first-order chi connectivity index (χ1) is 11.3. The van der Waals surface area contributed by atoms with Crippen molar-refractivity contribution in [3.8, 4) is 0 Å². The highest BCUT2D eigenvalue weighted by Gasteiger charge is 2.52. The third kappa shape index (κ3) is 3.68. The van der Waals surface area contributed by atoms with Gasteiger partial charge in [0.1, 0.15) is 18.1 Å². The number of nitrogens with zero attached hydrogens (tertiary/aromatic N) is 1. The lowest BCUT2D eigenvalue weighted by Gasteiger charge is -2.33. The van der Waals surface area contributed by atoms with Crippen LogP contribution in [-0.4, -0.2) is 53.3 Å². The van der Waals surface area contributed by atoms with Crippen LogP contribution in [0.1, 0.15) is 46.5 Å². The number of rotatable bonds is 5. The monoisotopic (exact) mass is 338 g/mol. The van der Waals surface area contributed by atoms with Gasteiger partial charge in [0.25, 0.3) is 5.91 Å². The normalized spacial score (nSPS) is 27.8. The van der Waals surface area contributed by atoms with Gasteiger partial charge in [-0.15, -0.1) is 0 Å². The summed E-state index contributed by atoms with van der Waals surface area (Å²) < 4.78 is 0. The largest absolute Gasteiger partial charge is 0.355 e. The van der Waals surface area contributed by atoms with E-state index in [1.807, 2.05) is 0 Å². The molecule has 134 valence electrons. The minimum Gasteiger partial charge on any atom is -0.355 e. The summed E-state index contributed by atoms with van der Waals surface area (Å²) in [6.07, 6.45) is 2.96. The predicted molar refractivity (Wildman–Crippen MR) is 86.9 cm³/mol. The van der Waals surface area contributed by atoms with Crippen molar-refractivity contribution in [1.82, 2.24) is 20.9 Å². The van der Waals surface area contributed by atoms with Crippen molar-refractivity contribution < 1.29 is 19.2 Å². The summed E-state index contributed by atoms with van der Waals surface area (Å²) in [6.45, 7) is 5.56. The first-order valence-corrected chi connectivity index (χ1v) is 8.50. The third-order valence-corrected chi connectivity index (χ3v) is 4.80. The molecular formula is C16H26N4O4. The van der Waals surface area contributed by atoms with Gasteiger partial charge in [0, 0.05) is 6.54 Å². The van der Waals surface area contributed by atoms with Gasteiger partial charge in [-0.1, -0.05) is 6.92 Å². The molecular weight excluding hydrogens is 312 g/mol. The first-order valence-electron chi connectivity index (χ1n) is 8.50. The molecule has 1 unspecified atom stereocenters. The van der Waals surface area contributed by atoms with Crippen LogP contribution < -0.4 is 16.0 Å². The van der Waals surface area contributed by atoms with Gasteiger partial charge < -0.3 is 16.0 Å². The summed E-state index contributed by atoms with van der Waals surface area (Å²) in [6, 6.07) is -1.25. The van der Waals surface area contributed by atoms with E-state index in [2.05, 4.69) is 22.9 Å². The fourth-order valence-electron chi connectivity index (χ4n) is 3.24. The maximum absolute atomic E-state index is 12.6. The zero-order chi connectivity index (χ0) is 17.9. The van der Waals surface area contributed by atoms with Crippen LogP contribution in [0.2, 0.25) is 0 Å². The number of urea groups is 1. The molecule has 0 aromatic carbocycles. The topological polar surface area (TPSA) is 108 Å². The second kappa shape index (κ2) is 7.19. The number of carbonyl (C=O) groups excluding carboxylic acids is 4. The Morgan fingerprint density at radius 2 is 1.96 bits per heavy atom. The van der Waals surface area contributed by atoms with Crippen LogP contribution in [0.15, 0.2) is 0 Å². The average Bonchev–Trinajstić information content (AvgIpc) is 2.75. The van der Waals surface area contributed by atoms with Gasteiger partial charge in [0.15, 0.2) is 0 Å². The Kier molecular flexibility index (Phi) is 5.46. The lowest BCUT2D eigenvalue weighted by atomic mass is 9.77. The van der Waals surface area contributed by atoms with Crippen molar-refractivity contribution in [1.29, 1.82) is 0 Å². The standard InChI is InChI=1S/C16H26N4O4/c1-4-17-13(22)11(3)18-12(21)9-20-14(23)16(19-15(20)24)7-5-10(2)6-8-16/h10-11H,4-9H2,1-3H3,(H,17,22)(H,18,21)(H,19,24). The van der Waals surface area contributed by atoms with Gasteiger partial charge >= 0.3 is 6.03 Å². The predicted octanol–water partition coefficient (Wildman–Crippen LogP) is 0.128. The number of hydrogen-bond donors (Lipinski definition) is 3. The fraction of sp³-hybridized carbons (Fsp3) is 0.750. The first kappa shape index (κ1) is 18.2. The molecule has 1 saturated carbocycles. The van der Waals surface area contributed by atoms with Crippen molar-refractivity contribution in [2.24, 2.45) is 5.92 Å². The molecule has 2 fully saturated rings. The van der Waals surface area contributed by atoms with Crippen molar-refractivity contribution >= 4 is 23.8 Å². The molecule has 24 heavy (non-hydrogen) atoms. The van der Waals surface area contributed by atoms with Gasteiger partial charge in [0.2, 0.25) is 11.8 Å². The lowest BCUT2D eigenvalue weighted by Crippen LogP contribution is -2.51. The molecule has 0 bridgehead atoms. The minimum atomic E-state index is -0.852. The highest BCUT2D eigenvalue weighted by Crippen LogP contribution is 2.36. The molecule has 2 aliphatic rings. The number of carbonyl (C=O) groups is 4. The summed E-state index contributed by atoms with van der Waals surface area (Å²) in [5.74, 6) is -0.630. The Morgan fingerprint density at radius 1 is 1.33 bits per heavy atom. The van der Waals surface area contributed by atoms with Crippen molar-refractivity contribution in [2.45, 2.75) is 58.0 Å². The van der Waals surface area contributed by atoms with E-state index in [9.17, 15) is 19.2 Å². The SMILES string of the molecule is CCNC(=O)C(C)NC(=O)CN1C(=O)NC2(CCC(C)CC2)C1=O. The molecule has 5 amide bonds. The summed E-state index contributed by atoms with van der Waals surface area (Å²) in [7, 11) is 0. The van der Waals surface area contributed by atoms with E-state index in [0.717, 1.165) is 17.7 Å². The van der Waals surface area contributed by atoms with Crippen LogP contribution in [0.3, 0.4) is 0 Å². The summed E-state index contributed by atoms with van der Waals surface area (Å²) in [4.78, 5) is 49.4. The lowest BCUT2D eigenvalue weighted by molar-refractivity contribution is -0.136. The molecule has 1 spiro atoms. The van der Waals surface area contributed by atoms with Crippen molar-refractivity contribution in [3.63, 3.8) is 0 Å². The maximum atomic E-state index is 12.6. The molecule has 1 aliphatic carbocycles. The molecule has 0 radical (unpaired) electrons. The Morgan fingerprint density at radius 3 is 2.54 bits per heavy atom. The average molecular weight is 338 g/mol. The highest BCUT2D eigenvalue weighted by atomic mass is 16.2. The minimum absolute atomic E-state index is 0.305. The van der Waals surface area contributed by atoms with Crippen LogP contribution in [-0.2, 0) is 14.4 Å². The molecule has 1 saturated heterocycles. The summed E-state index contributed by atoms with van der Waals surface area (Å²) in [5.41, 5.74) is -0.852. The van der Waals surface area contributed by atoms with Crippen LogP contribution in [0.4, 0.5) is 4.79 Å². The van der Waals surface area contributed by atoms with Gasteiger partial charge in [-0.05, 0) is 45.4 Å². The number of amides is 5. The van der Waals surface area contributed by atoms with E-state index >= 15 is 0 Å². The number of imide groups is 1. The summed E-state index contributed by atoms with van der Waals surface area (Å²) in [5, 5.41) is 7.87. The molecule has 0 aromatic heterocycles. The van der Waals surface area contributed by atoms with Crippen LogP contribution in [0.5, 0.6) is 0 Å².